The Bertz CT molecular complexity index is 992. The lowest BCUT2D eigenvalue weighted by Gasteiger charge is -2.24. The minimum absolute atomic E-state index is 0.416. The van der Waals surface area contributed by atoms with Crippen molar-refractivity contribution in [2.24, 2.45) is 0 Å². The van der Waals surface area contributed by atoms with Crippen molar-refractivity contribution in [3.05, 3.63) is 22.8 Å². The number of anilines is 3. The number of nitrogens with one attached hydrogen (secondary N) is 2. The van der Waals surface area contributed by atoms with Crippen molar-refractivity contribution in [1.82, 2.24) is 19.7 Å². The van der Waals surface area contributed by atoms with Gasteiger partial charge in [-0.05, 0) is 37.7 Å². The summed E-state index contributed by atoms with van der Waals surface area (Å²) < 4.78 is 26.2. The Morgan fingerprint density at radius 3 is 2.75 bits per heavy atom. The molecule has 1 saturated carbocycles. The zero-order chi connectivity index (χ0) is 19.1. The molecule has 0 radical (unpaired) electrons. The van der Waals surface area contributed by atoms with Gasteiger partial charge in [-0.1, -0.05) is 19.3 Å². The predicted molar refractivity (Wildman–Crippen MR) is 107 cm³/mol. The molecule has 5 rings (SSSR count). The van der Waals surface area contributed by atoms with Crippen LogP contribution in [0.5, 0.6) is 0 Å². The van der Waals surface area contributed by atoms with Gasteiger partial charge in [0.25, 0.3) is 0 Å². The summed E-state index contributed by atoms with van der Waals surface area (Å²) in [5.41, 5.74) is 1.84. The molecule has 3 heterocycles. The fourth-order valence-corrected chi connectivity index (χ4v) is 5.50. The van der Waals surface area contributed by atoms with E-state index in [4.69, 9.17) is 4.98 Å². The molecule has 0 spiro atoms. The Morgan fingerprint density at radius 2 is 1.96 bits per heavy atom. The van der Waals surface area contributed by atoms with Gasteiger partial charge < -0.3 is 10.6 Å². The summed E-state index contributed by atoms with van der Waals surface area (Å²) in [6, 6.07) is 0.429. The van der Waals surface area contributed by atoms with E-state index in [-0.39, 0.29) is 0 Å². The molecule has 3 aromatic rings. The average molecular weight is 404 g/mol. The third kappa shape index (κ3) is 3.32. The second-order valence-electron chi connectivity index (χ2n) is 7.52. The second-order valence-corrected chi connectivity index (χ2v) is 8.61. The van der Waals surface area contributed by atoms with E-state index in [1.807, 2.05) is 0 Å². The molecule has 9 heteroatoms. The molecular weight excluding hydrogens is 382 g/mol. The number of fused-ring (bicyclic) bond motifs is 3. The number of hydrogen-bond donors (Lipinski definition) is 2. The maximum absolute atomic E-state index is 12.8. The maximum atomic E-state index is 12.8. The Labute approximate surface area is 165 Å². The molecule has 2 aliphatic carbocycles. The minimum atomic E-state index is -2.66. The van der Waals surface area contributed by atoms with Crippen LogP contribution in [0.4, 0.5) is 26.2 Å². The Kier molecular flexibility index (Phi) is 4.62. The SMILES string of the molecule is FC(F)n1cc(Nc2nc(NC3CCCCC3)c3c4c(sc3n2)CCC4)cn1. The normalized spacial score (nSPS) is 17.4. The van der Waals surface area contributed by atoms with Crippen molar-refractivity contribution in [2.45, 2.75) is 64.0 Å². The van der Waals surface area contributed by atoms with E-state index in [9.17, 15) is 8.78 Å². The van der Waals surface area contributed by atoms with E-state index in [0.717, 1.165) is 41.7 Å². The Morgan fingerprint density at radius 1 is 1.11 bits per heavy atom. The molecule has 3 aromatic heterocycles. The summed E-state index contributed by atoms with van der Waals surface area (Å²) in [5.74, 6) is 1.29. The van der Waals surface area contributed by atoms with Gasteiger partial charge in [-0.25, -0.2) is 9.67 Å². The number of nitrogens with zero attached hydrogens (tertiary/aromatic N) is 4. The standard InChI is InChI=1S/C19H22F2N6S/c20-18(21)27-10-12(9-22-27)24-19-25-16(23-11-5-2-1-3-6-11)15-13-7-4-8-14(13)28-17(15)26-19/h9-11,18H,1-8H2,(H2,23,24,25,26). The number of aryl methyl sites for hydroxylation is 2. The first-order valence-corrected chi connectivity index (χ1v) is 10.7. The smallest absolute Gasteiger partial charge is 0.333 e. The van der Waals surface area contributed by atoms with Gasteiger partial charge in [0.1, 0.15) is 10.6 Å². The van der Waals surface area contributed by atoms with E-state index in [0.29, 0.717) is 22.4 Å². The summed E-state index contributed by atoms with van der Waals surface area (Å²) in [6.07, 6.45) is 12.1. The first-order valence-electron chi connectivity index (χ1n) is 9.85. The van der Waals surface area contributed by atoms with Crippen molar-refractivity contribution in [3.8, 4) is 0 Å². The molecular formula is C19H22F2N6S. The molecule has 0 unspecified atom stereocenters. The van der Waals surface area contributed by atoms with Crippen LogP contribution in [0.15, 0.2) is 12.4 Å². The average Bonchev–Trinajstić information content (AvgIpc) is 3.38. The van der Waals surface area contributed by atoms with Crippen LogP contribution in [-0.2, 0) is 12.8 Å². The predicted octanol–water partition coefficient (Wildman–Crippen LogP) is 5.26. The molecule has 0 aliphatic heterocycles. The van der Waals surface area contributed by atoms with Crippen LogP contribution in [0.25, 0.3) is 10.2 Å². The van der Waals surface area contributed by atoms with Gasteiger partial charge in [-0.3, -0.25) is 0 Å². The van der Waals surface area contributed by atoms with Crippen LogP contribution in [-0.4, -0.2) is 25.8 Å². The fourth-order valence-electron chi connectivity index (χ4n) is 4.23. The van der Waals surface area contributed by atoms with Gasteiger partial charge in [0, 0.05) is 10.9 Å². The lowest BCUT2D eigenvalue weighted by molar-refractivity contribution is 0.0566. The van der Waals surface area contributed by atoms with Crippen LogP contribution in [0, 0.1) is 0 Å². The molecule has 0 bridgehead atoms. The number of alkyl halides is 2. The van der Waals surface area contributed by atoms with Crippen LogP contribution in [0.1, 0.15) is 55.5 Å². The van der Waals surface area contributed by atoms with Gasteiger partial charge in [-0.15, -0.1) is 11.3 Å². The molecule has 0 atom stereocenters. The molecule has 28 heavy (non-hydrogen) atoms. The number of thiophene rings is 1. The van der Waals surface area contributed by atoms with E-state index in [2.05, 4.69) is 20.7 Å². The zero-order valence-corrected chi connectivity index (χ0v) is 16.2. The molecule has 2 N–H and O–H groups in total. The third-order valence-electron chi connectivity index (χ3n) is 5.57. The summed E-state index contributed by atoms with van der Waals surface area (Å²) in [7, 11) is 0. The van der Waals surface area contributed by atoms with Crippen LogP contribution in [0.2, 0.25) is 0 Å². The molecule has 1 fully saturated rings. The largest absolute Gasteiger partial charge is 0.367 e. The number of aromatic nitrogens is 4. The van der Waals surface area contributed by atoms with E-state index < -0.39 is 6.55 Å². The van der Waals surface area contributed by atoms with Crippen LogP contribution >= 0.6 is 11.3 Å². The molecule has 0 saturated heterocycles. The van der Waals surface area contributed by atoms with Crippen molar-refractivity contribution < 1.29 is 8.78 Å². The van der Waals surface area contributed by atoms with Gasteiger partial charge in [0.05, 0.1) is 23.5 Å². The quantitative estimate of drug-likeness (QED) is 0.607. The first kappa shape index (κ1) is 17.8. The molecule has 0 amide bonds. The van der Waals surface area contributed by atoms with Crippen LogP contribution in [0.3, 0.4) is 0 Å². The molecule has 2 aliphatic rings. The number of rotatable bonds is 5. The highest BCUT2D eigenvalue weighted by Gasteiger charge is 2.24. The van der Waals surface area contributed by atoms with E-state index in [1.54, 1.807) is 11.3 Å². The second kappa shape index (κ2) is 7.27. The summed E-state index contributed by atoms with van der Waals surface area (Å²) in [6.45, 7) is -2.66. The Balaban J connectivity index is 1.50. The van der Waals surface area contributed by atoms with E-state index >= 15 is 0 Å². The van der Waals surface area contributed by atoms with Gasteiger partial charge in [0.2, 0.25) is 5.95 Å². The molecule has 0 aromatic carbocycles. The van der Waals surface area contributed by atoms with Crippen molar-refractivity contribution in [1.29, 1.82) is 0 Å². The highest BCUT2D eigenvalue weighted by Crippen LogP contribution is 2.40. The lowest BCUT2D eigenvalue weighted by Crippen LogP contribution is -2.23. The molecule has 6 nitrogen and oxygen atoms in total. The van der Waals surface area contributed by atoms with Crippen molar-refractivity contribution in [2.75, 3.05) is 10.6 Å². The first-order chi connectivity index (χ1) is 13.7. The summed E-state index contributed by atoms with van der Waals surface area (Å²) >= 11 is 1.73. The lowest BCUT2D eigenvalue weighted by atomic mass is 9.95. The van der Waals surface area contributed by atoms with Gasteiger partial charge >= 0.3 is 6.55 Å². The van der Waals surface area contributed by atoms with Crippen molar-refractivity contribution in [3.63, 3.8) is 0 Å². The Hall–Kier alpha value is -2.29. The fraction of sp³-hybridized carbons (Fsp3) is 0.526. The summed E-state index contributed by atoms with van der Waals surface area (Å²) in [5, 5.41) is 11.5. The number of halogens is 2. The number of hydrogen-bond acceptors (Lipinski definition) is 6. The monoisotopic (exact) mass is 404 g/mol. The van der Waals surface area contributed by atoms with Gasteiger partial charge in [0.15, 0.2) is 0 Å². The minimum Gasteiger partial charge on any atom is -0.367 e. The summed E-state index contributed by atoms with van der Waals surface area (Å²) in [4.78, 5) is 11.8. The van der Waals surface area contributed by atoms with E-state index in [1.165, 1.54) is 48.5 Å². The molecule has 148 valence electrons. The van der Waals surface area contributed by atoms with Crippen molar-refractivity contribution >= 4 is 39.0 Å². The highest BCUT2D eigenvalue weighted by atomic mass is 32.1. The highest BCUT2D eigenvalue weighted by molar-refractivity contribution is 7.19. The topological polar surface area (TPSA) is 67.7 Å². The van der Waals surface area contributed by atoms with Gasteiger partial charge in [-0.2, -0.15) is 18.9 Å². The maximum Gasteiger partial charge on any atom is 0.333 e. The third-order valence-corrected chi connectivity index (χ3v) is 6.75. The van der Waals surface area contributed by atoms with Crippen LogP contribution < -0.4 is 10.6 Å². The zero-order valence-electron chi connectivity index (χ0n) is 15.4.